The van der Waals surface area contributed by atoms with Gasteiger partial charge in [-0.05, 0) is 24.3 Å². The van der Waals surface area contributed by atoms with E-state index in [-0.39, 0.29) is 5.91 Å². The highest BCUT2D eigenvalue weighted by atomic mass is 35.5. The van der Waals surface area contributed by atoms with Crippen molar-refractivity contribution in [3.63, 3.8) is 0 Å². The molecule has 6 heteroatoms. The number of nitrogens with one attached hydrogen (secondary N) is 1. The predicted molar refractivity (Wildman–Crippen MR) is 62.7 cm³/mol. The van der Waals surface area contributed by atoms with Gasteiger partial charge in [-0.2, -0.15) is 0 Å². The molecule has 1 amide bonds. The normalized spacial score (nSPS) is 10.2. The molecule has 0 spiro atoms. The Kier molecular flexibility index (Phi) is 3.72. The van der Waals surface area contributed by atoms with Crippen LogP contribution in [0.5, 0.6) is 0 Å². The van der Waals surface area contributed by atoms with E-state index in [0.717, 1.165) is 5.76 Å². The average Bonchev–Trinajstić information content (AvgIpc) is 2.83. The second kappa shape index (κ2) is 5.45. The maximum Gasteiger partial charge on any atom is 0.226 e. The van der Waals surface area contributed by atoms with Crippen molar-refractivity contribution >= 4 is 23.3 Å². The molecule has 0 aliphatic carbocycles. The van der Waals surface area contributed by atoms with Crippen molar-refractivity contribution in [3.05, 3.63) is 41.4 Å². The van der Waals surface area contributed by atoms with Gasteiger partial charge in [0, 0.05) is 12.8 Å². The highest BCUT2D eigenvalue weighted by Gasteiger charge is 2.05. The Bertz CT molecular complexity index is 482. The molecule has 17 heavy (non-hydrogen) atoms. The van der Waals surface area contributed by atoms with E-state index in [2.05, 4.69) is 15.5 Å². The zero-order chi connectivity index (χ0) is 12.1. The van der Waals surface area contributed by atoms with Crippen LogP contribution < -0.4 is 5.32 Å². The fraction of sp³-hybridized carbons (Fsp3) is 0.182. The van der Waals surface area contributed by atoms with Crippen molar-refractivity contribution in [2.75, 3.05) is 5.32 Å². The van der Waals surface area contributed by atoms with E-state index >= 15 is 0 Å². The Morgan fingerprint density at radius 3 is 2.88 bits per heavy atom. The van der Waals surface area contributed by atoms with Gasteiger partial charge in [0.2, 0.25) is 5.91 Å². The molecule has 0 bridgehead atoms. The second-order valence-corrected chi connectivity index (χ2v) is 3.76. The summed E-state index contributed by atoms with van der Waals surface area (Å²) in [5.41, 5.74) is 0. The van der Waals surface area contributed by atoms with Gasteiger partial charge in [0.25, 0.3) is 0 Å². The van der Waals surface area contributed by atoms with Crippen LogP contribution in [0.2, 0.25) is 5.15 Å². The summed E-state index contributed by atoms with van der Waals surface area (Å²) in [6.45, 7) is 0. The van der Waals surface area contributed by atoms with E-state index in [4.69, 9.17) is 16.0 Å². The number of carbonyl (C=O) groups is 1. The van der Waals surface area contributed by atoms with Gasteiger partial charge in [-0.15, -0.1) is 10.2 Å². The van der Waals surface area contributed by atoms with Crippen LogP contribution in [-0.4, -0.2) is 16.1 Å². The van der Waals surface area contributed by atoms with Gasteiger partial charge in [0.1, 0.15) is 5.76 Å². The summed E-state index contributed by atoms with van der Waals surface area (Å²) < 4.78 is 5.12. The molecule has 0 aliphatic rings. The molecule has 0 fully saturated rings. The van der Waals surface area contributed by atoms with E-state index < -0.39 is 0 Å². The predicted octanol–water partition coefficient (Wildman–Crippen LogP) is 2.29. The first-order valence-corrected chi connectivity index (χ1v) is 5.43. The Labute approximate surface area is 103 Å². The van der Waals surface area contributed by atoms with Gasteiger partial charge in [0.05, 0.1) is 6.26 Å². The molecule has 2 rings (SSSR count). The maximum absolute atomic E-state index is 11.5. The monoisotopic (exact) mass is 251 g/mol. The first-order chi connectivity index (χ1) is 8.24. The lowest BCUT2D eigenvalue weighted by Crippen LogP contribution is -2.13. The molecule has 0 aliphatic heterocycles. The fourth-order valence-corrected chi connectivity index (χ4v) is 1.38. The van der Waals surface area contributed by atoms with Crippen LogP contribution in [-0.2, 0) is 11.2 Å². The second-order valence-electron chi connectivity index (χ2n) is 3.37. The largest absolute Gasteiger partial charge is 0.469 e. The molecule has 2 aromatic rings. The number of anilines is 1. The number of hydrogen-bond acceptors (Lipinski definition) is 4. The smallest absolute Gasteiger partial charge is 0.226 e. The molecule has 0 saturated heterocycles. The maximum atomic E-state index is 11.5. The molecule has 88 valence electrons. The van der Waals surface area contributed by atoms with Crippen LogP contribution >= 0.6 is 11.6 Å². The lowest BCUT2D eigenvalue weighted by molar-refractivity contribution is -0.116. The molecule has 0 atom stereocenters. The molecular weight excluding hydrogens is 242 g/mol. The number of amides is 1. The summed E-state index contributed by atoms with van der Waals surface area (Å²) in [6, 6.07) is 6.78. The molecule has 5 nitrogen and oxygen atoms in total. The van der Waals surface area contributed by atoms with E-state index in [1.165, 1.54) is 0 Å². The summed E-state index contributed by atoms with van der Waals surface area (Å²) in [6.07, 6.45) is 2.47. The number of nitrogens with zero attached hydrogens (tertiary/aromatic N) is 2. The Balaban J connectivity index is 1.83. The molecule has 2 heterocycles. The topological polar surface area (TPSA) is 68.0 Å². The van der Waals surface area contributed by atoms with Gasteiger partial charge in [-0.1, -0.05) is 11.6 Å². The molecule has 0 unspecified atom stereocenters. The van der Waals surface area contributed by atoms with Gasteiger partial charge >= 0.3 is 0 Å². The molecule has 1 N–H and O–H groups in total. The molecular formula is C11H10ClN3O2. The van der Waals surface area contributed by atoms with E-state index in [0.29, 0.717) is 23.8 Å². The van der Waals surface area contributed by atoms with Crippen LogP contribution in [0.3, 0.4) is 0 Å². The van der Waals surface area contributed by atoms with Crippen molar-refractivity contribution in [2.45, 2.75) is 12.8 Å². The Morgan fingerprint density at radius 2 is 2.24 bits per heavy atom. The highest BCUT2D eigenvalue weighted by molar-refractivity contribution is 6.29. The lowest BCUT2D eigenvalue weighted by atomic mass is 10.2. The van der Waals surface area contributed by atoms with E-state index in [1.54, 1.807) is 24.5 Å². The Hall–Kier alpha value is -1.88. The van der Waals surface area contributed by atoms with Gasteiger partial charge < -0.3 is 9.73 Å². The minimum absolute atomic E-state index is 0.141. The third-order valence-electron chi connectivity index (χ3n) is 2.08. The first kappa shape index (κ1) is 11.6. The number of furan rings is 1. The van der Waals surface area contributed by atoms with E-state index in [1.807, 2.05) is 6.07 Å². The van der Waals surface area contributed by atoms with Gasteiger partial charge in [-0.3, -0.25) is 4.79 Å². The van der Waals surface area contributed by atoms with Crippen molar-refractivity contribution in [1.29, 1.82) is 0 Å². The van der Waals surface area contributed by atoms with Crippen LogP contribution in [0.15, 0.2) is 34.9 Å². The SMILES string of the molecule is O=C(CCc1ccco1)Nc1ccc(Cl)nn1. The van der Waals surface area contributed by atoms with Crippen molar-refractivity contribution < 1.29 is 9.21 Å². The molecule has 0 aromatic carbocycles. The number of halogens is 1. The van der Waals surface area contributed by atoms with E-state index in [9.17, 15) is 4.79 Å². The standard InChI is InChI=1S/C11H10ClN3O2/c12-9-4-5-10(15-14-9)13-11(16)6-3-8-2-1-7-17-8/h1-2,4-5,7H,3,6H2,(H,13,15,16). The first-order valence-electron chi connectivity index (χ1n) is 5.05. The highest BCUT2D eigenvalue weighted by Crippen LogP contribution is 2.08. The summed E-state index contributed by atoms with van der Waals surface area (Å²) >= 11 is 5.58. The van der Waals surface area contributed by atoms with Gasteiger partial charge in [0.15, 0.2) is 11.0 Å². The zero-order valence-electron chi connectivity index (χ0n) is 8.89. The van der Waals surface area contributed by atoms with Crippen LogP contribution in [0.4, 0.5) is 5.82 Å². The number of carbonyl (C=O) groups excluding carboxylic acids is 1. The molecule has 0 saturated carbocycles. The third kappa shape index (κ3) is 3.57. The minimum atomic E-state index is -0.141. The lowest BCUT2D eigenvalue weighted by Gasteiger charge is -2.02. The van der Waals surface area contributed by atoms with Crippen molar-refractivity contribution in [2.24, 2.45) is 0 Å². The summed E-state index contributed by atoms with van der Waals surface area (Å²) in [4.78, 5) is 11.5. The zero-order valence-corrected chi connectivity index (χ0v) is 9.65. The van der Waals surface area contributed by atoms with Crippen LogP contribution in [0.25, 0.3) is 0 Å². The van der Waals surface area contributed by atoms with Crippen molar-refractivity contribution in [3.8, 4) is 0 Å². The van der Waals surface area contributed by atoms with Crippen molar-refractivity contribution in [1.82, 2.24) is 10.2 Å². The molecule has 0 radical (unpaired) electrons. The number of aryl methyl sites for hydroxylation is 1. The summed E-state index contributed by atoms with van der Waals surface area (Å²) in [5.74, 6) is 1.03. The minimum Gasteiger partial charge on any atom is -0.469 e. The third-order valence-corrected chi connectivity index (χ3v) is 2.28. The summed E-state index contributed by atoms with van der Waals surface area (Å²) in [5, 5.41) is 10.3. The molecule has 2 aromatic heterocycles. The quantitative estimate of drug-likeness (QED) is 0.905. The van der Waals surface area contributed by atoms with Crippen LogP contribution in [0, 0.1) is 0 Å². The summed E-state index contributed by atoms with van der Waals surface area (Å²) in [7, 11) is 0. The van der Waals surface area contributed by atoms with Gasteiger partial charge in [-0.25, -0.2) is 0 Å². The van der Waals surface area contributed by atoms with Crippen LogP contribution in [0.1, 0.15) is 12.2 Å². The number of aromatic nitrogens is 2. The Morgan fingerprint density at radius 1 is 1.35 bits per heavy atom. The fourth-order valence-electron chi connectivity index (χ4n) is 1.28. The number of hydrogen-bond donors (Lipinski definition) is 1. The average molecular weight is 252 g/mol. The number of rotatable bonds is 4.